The van der Waals surface area contributed by atoms with Crippen LogP contribution in [-0.4, -0.2) is 28.9 Å². The fourth-order valence-electron chi connectivity index (χ4n) is 3.15. The lowest BCUT2D eigenvalue weighted by Gasteiger charge is -2.17. The zero-order valence-electron chi connectivity index (χ0n) is 14.2. The Hall–Kier alpha value is -2.44. The van der Waals surface area contributed by atoms with Gasteiger partial charge in [0.1, 0.15) is 11.5 Å². The second-order valence-corrected chi connectivity index (χ2v) is 6.62. The van der Waals surface area contributed by atoms with Gasteiger partial charge in [-0.3, -0.25) is 9.78 Å². The molecule has 26 heavy (non-hydrogen) atoms. The average Bonchev–Trinajstić information content (AvgIpc) is 3.05. The van der Waals surface area contributed by atoms with Gasteiger partial charge in [0.2, 0.25) is 0 Å². The van der Waals surface area contributed by atoms with Crippen LogP contribution < -0.4 is 0 Å². The number of aryl methyl sites for hydroxylation is 1. The van der Waals surface area contributed by atoms with Gasteiger partial charge in [-0.25, -0.2) is 4.39 Å². The number of amides is 1. The number of nitrogens with zero attached hydrogens (tertiary/aromatic N) is 2. The number of carbonyl (C=O) groups excluding carboxylic acids is 1. The molecule has 1 unspecified atom stereocenters. The molecular weight excluding hydrogens is 348 g/mol. The zero-order valence-corrected chi connectivity index (χ0v) is 14.2. The van der Waals surface area contributed by atoms with E-state index in [4.69, 9.17) is 0 Å². The van der Waals surface area contributed by atoms with Gasteiger partial charge < -0.3 is 4.90 Å². The molecule has 1 aliphatic heterocycles. The summed E-state index contributed by atoms with van der Waals surface area (Å²) in [6, 6.07) is 7.09. The third-order valence-corrected chi connectivity index (χ3v) is 4.63. The Morgan fingerprint density at radius 3 is 2.65 bits per heavy atom. The second kappa shape index (κ2) is 7.05. The third-order valence-electron chi connectivity index (χ3n) is 4.63. The molecule has 2 aromatic rings. The van der Waals surface area contributed by atoms with Gasteiger partial charge in [0.05, 0.1) is 5.56 Å². The van der Waals surface area contributed by atoms with E-state index < -0.39 is 11.9 Å². The smallest absolute Gasteiger partial charge is 0.338 e. The van der Waals surface area contributed by atoms with Crippen molar-refractivity contribution in [2.24, 2.45) is 5.92 Å². The Morgan fingerprint density at radius 1 is 1.27 bits per heavy atom. The summed E-state index contributed by atoms with van der Waals surface area (Å²) >= 11 is 0. The van der Waals surface area contributed by atoms with Crippen LogP contribution in [0.4, 0.5) is 17.6 Å². The van der Waals surface area contributed by atoms with E-state index in [2.05, 4.69) is 4.98 Å². The van der Waals surface area contributed by atoms with Crippen molar-refractivity contribution in [3.63, 3.8) is 0 Å². The van der Waals surface area contributed by atoms with Gasteiger partial charge in [-0.2, -0.15) is 13.2 Å². The predicted octanol–water partition coefficient (Wildman–Crippen LogP) is 4.25. The van der Waals surface area contributed by atoms with Crippen LogP contribution in [0.3, 0.4) is 0 Å². The minimum absolute atomic E-state index is 0.139. The fraction of sp³-hybridized carbons (Fsp3) is 0.368. The van der Waals surface area contributed by atoms with Crippen LogP contribution in [0, 0.1) is 18.7 Å². The van der Waals surface area contributed by atoms with Gasteiger partial charge in [0.25, 0.3) is 5.91 Å². The largest absolute Gasteiger partial charge is 0.433 e. The molecule has 0 saturated carbocycles. The molecule has 2 heterocycles. The molecule has 3 nitrogen and oxygen atoms in total. The molecule has 0 bridgehead atoms. The van der Waals surface area contributed by atoms with Crippen LogP contribution >= 0.6 is 0 Å². The number of benzene rings is 1. The van der Waals surface area contributed by atoms with Crippen LogP contribution in [0.2, 0.25) is 0 Å². The Kier molecular flexibility index (Phi) is 4.98. The first-order valence-electron chi connectivity index (χ1n) is 8.31. The van der Waals surface area contributed by atoms with Crippen LogP contribution in [0.1, 0.15) is 33.6 Å². The van der Waals surface area contributed by atoms with Crippen molar-refractivity contribution in [2.45, 2.75) is 25.9 Å². The van der Waals surface area contributed by atoms with Crippen molar-refractivity contribution in [3.05, 3.63) is 64.7 Å². The topological polar surface area (TPSA) is 33.2 Å². The molecule has 0 aliphatic carbocycles. The highest BCUT2D eigenvalue weighted by Crippen LogP contribution is 2.28. The number of halogens is 4. The number of hydrogen-bond acceptors (Lipinski definition) is 2. The minimum Gasteiger partial charge on any atom is -0.338 e. The maximum atomic E-state index is 13.6. The summed E-state index contributed by atoms with van der Waals surface area (Å²) in [6.45, 7) is 2.72. The maximum Gasteiger partial charge on any atom is 0.433 e. The molecule has 0 radical (unpaired) electrons. The van der Waals surface area contributed by atoms with Crippen LogP contribution in [0.15, 0.2) is 36.5 Å². The predicted molar refractivity (Wildman–Crippen MR) is 88.1 cm³/mol. The average molecular weight is 366 g/mol. The number of alkyl halides is 3. The van der Waals surface area contributed by atoms with E-state index in [-0.39, 0.29) is 23.2 Å². The normalized spacial score (nSPS) is 17.6. The minimum atomic E-state index is -4.52. The van der Waals surface area contributed by atoms with Gasteiger partial charge in [0, 0.05) is 19.3 Å². The first-order chi connectivity index (χ1) is 12.2. The number of rotatable bonds is 3. The van der Waals surface area contributed by atoms with E-state index in [1.54, 1.807) is 17.9 Å². The molecule has 138 valence electrons. The number of hydrogen-bond donors (Lipinski definition) is 0. The first-order valence-corrected chi connectivity index (χ1v) is 8.31. The maximum absolute atomic E-state index is 13.6. The van der Waals surface area contributed by atoms with Crippen molar-refractivity contribution >= 4 is 5.91 Å². The number of aromatic nitrogens is 1. The van der Waals surface area contributed by atoms with Crippen molar-refractivity contribution in [1.82, 2.24) is 9.88 Å². The summed E-state index contributed by atoms with van der Waals surface area (Å²) in [4.78, 5) is 17.4. The molecule has 1 amide bonds. The van der Waals surface area contributed by atoms with E-state index in [1.807, 2.05) is 6.07 Å². The highest BCUT2D eigenvalue weighted by Gasteiger charge is 2.33. The quantitative estimate of drug-likeness (QED) is 0.761. The van der Waals surface area contributed by atoms with Crippen molar-refractivity contribution < 1.29 is 22.4 Å². The summed E-state index contributed by atoms with van der Waals surface area (Å²) < 4.78 is 51.3. The molecule has 3 rings (SSSR count). The SMILES string of the molecule is Cc1ccc(CC2CCN(C(=O)c3ccc(C(F)(F)F)nc3)C2)cc1F. The Balaban J connectivity index is 1.62. The monoisotopic (exact) mass is 366 g/mol. The van der Waals surface area contributed by atoms with Crippen LogP contribution in [-0.2, 0) is 12.6 Å². The summed E-state index contributed by atoms with van der Waals surface area (Å²) in [5, 5.41) is 0. The molecule has 1 aliphatic rings. The molecule has 1 atom stereocenters. The molecule has 1 saturated heterocycles. The van der Waals surface area contributed by atoms with E-state index in [9.17, 15) is 22.4 Å². The molecule has 0 N–H and O–H groups in total. The lowest BCUT2D eigenvalue weighted by molar-refractivity contribution is -0.141. The van der Waals surface area contributed by atoms with Crippen LogP contribution in [0.5, 0.6) is 0 Å². The van der Waals surface area contributed by atoms with Crippen molar-refractivity contribution in [2.75, 3.05) is 13.1 Å². The lowest BCUT2D eigenvalue weighted by Crippen LogP contribution is -2.29. The number of carbonyl (C=O) groups is 1. The highest BCUT2D eigenvalue weighted by atomic mass is 19.4. The summed E-state index contributed by atoms with van der Waals surface area (Å²) in [5.74, 6) is -0.378. The second-order valence-electron chi connectivity index (χ2n) is 6.62. The molecule has 1 aromatic heterocycles. The summed E-state index contributed by atoms with van der Waals surface area (Å²) in [6.07, 6.45) is -2.13. The summed E-state index contributed by atoms with van der Waals surface area (Å²) in [7, 11) is 0. The summed E-state index contributed by atoms with van der Waals surface area (Å²) in [5.41, 5.74) is 0.588. The molecule has 1 aromatic carbocycles. The van der Waals surface area contributed by atoms with Gasteiger partial charge in [-0.05, 0) is 55.0 Å². The fourth-order valence-corrected chi connectivity index (χ4v) is 3.15. The number of likely N-dealkylation sites (tertiary alicyclic amines) is 1. The van der Waals surface area contributed by atoms with Gasteiger partial charge in [-0.1, -0.05) is 12.1 Å². The Bertz CT molecular complexity index is 802. The lowest BCUT2D eigenvalue weighted by atomic mass is 9.98. The molecule has 7 heteroatoms. The Morgan fingerprint density at radius 2 is 2.04 bits per heavy atom. The first kappa shape index (κ1) is 18.4. The standard InChI is InChI=1S/C19H18F4N2O/c1-12-2-3-13(9-16(12)20)8-14-6-7-25(11-14)18(26)15-4-5-17(24-10-15)19(21,22)23/h2-5,9-10,14H,6-8,11H2,1H3. The van der Waals surface area contributed by atoms with Crippen molar-refractivity contribution in [3.8, 4) is 0 Å². The Labute approximate surface area is 148 Å². The molecule has 1 fully saturated rings. The van der Waals surface area contributed by atoms with Crippen molar-refractivity contribution in [1.29, 1.82) is 0 Å². The molecular formula is C19H18F4N2O. The van der Waals surface area contributed by atoms with Gasteiger partial charge in [0.15, 0.2) is 0 Å². The van der Waals surface area contributed by atoms with Gasteiger partial charge in [-0.15, -0.1) is 0 Å². The zero-order chi connectivity index (χ0) is 18.9. The van der Waals surface area contributed by atoms with Crippen LogP contribution in [0.25, 0.3) is 0 Å². The van der Waals surface area contributed by atoms with E-state index in [0.29, 0.717) is 25.1 Å². The van der Waals surface area contributed by atoms with E-state index >= 15 is 0 Å². The van der Waals surface area contributed by atoms with E-state index in [1.165, 1.54) is 6.07 Å². The van der Waals surface area contributed by atoms with Gasteiger partial charge >= 0.3 is 6.18 Å². The molecule has 0 spiro atoms. The van der Waals surface area contributed by atoms with E-state index in [0.717, 1.165) is 30.3 Å². The highest BCUT2D eigenvalue weighted by molar-refractivity contribution is 5.94. The third kappa shape index (κ3) is 4.03. The number of pyridine rings is 1.